The van der Waals surface area contributed by atoms with Crippen LogP contribution in [-0.4, -0.2) is 23.1 Å². The predicted octanol–water partition coefficient (Wildman–Crippen LogP) is 3.08. The summed E-state index contributed by atoms with van der Waals surface area (Å²) in [4.78, 5) is 7.86. The summed E-state index contributed by atoms with van der Waals surface area (Å²) >= 11 is 5.29. The van der Waals surface area contributed by atoms with E-state index in [2.05, 4.69) is 24.8 Å². The highest BCUT2D eigenvalue weighted by atomic mass is 32.1. The van der Waals surface area contributed by atoms with Gasteiger partial charge < -0.3 is 10.6 Å². The lowest BCUT2D eigenvalue weighted by Crippen LogP contribution is -2.40. The molecule has 1 aromatic rings. The molecule has 2 N–H and O–H groups in total. The van der Waals surface area contributed by atoms with E-state index >= 15 is 0 Å². The maximum atomic E-state index is 5.98. The van der Waals surface area contributed by atoms with E-state index in [0.29, 0.717) is 10.9 Å². The number of hydrogen-bond acceptors (Lipinski definition) is 3. The largest absolute Gasteiger partial charge is 0.389 e. The molecule has 1 aliphatic carbocycles. The molecule has 4 heteroatoms. The molecule has 0 aromatic carbocycles. The number of pyridine rings is 1. The molecule has 2 atom stereocenters. The molecule has 21 heavy (non-hydrogen) atoms. The number of piperidine rings is 1. The highest BCUT2D eigenvalue weighted by Gasteiger charge is 2.27. The van der Waals surface area contributed by atoms with E-state index in [1.54, 1.807) is 0 Å². The van der Waals surface area contributed by atoms with Gasteiger partial charge in [0.15, 0.2) is 0 Å². The topological polar surface area (TPSA) is 42.2 Å². The van der Waals surface area contributed by atoms with Gasteiger partial charge in [0.1, 0.15) is 10.8 Å². The Balaban J connectivity index is 1.98. The Morgan fingerprint density at radius 1 is 1.29 bits per heavy atom. The fourth-order valence-electron chi connectivity index (χ4n) is 3.50. The zero-order valence-electron chi connectivity index (χ0n) is 13.1. The van der Waals surface area contributed by atoms with Gasteiger partial charge in [-0.25, -0.2) is 4.98 Å². The lowest BCUT2D eigenvalue weighted by atomic mass is 9.88. The van der Waals surface area contributed by atoms with Crippen molar-refractivity contribution in [2.75, 3.05) is 18.0 Å². The molecule has 0 saturated carbocycles. The minimum Gasteiger partial charge on any atom is -0.389 e. The molecular weight excluding hydrogens is 278 g/mol. The highest BCUT2D eigenvalue weighted by Crippen LogP contribution is 2.31. The van der Waals surface area contributed by atoms with Crippen molar-refractivity contribution in [3.8, 4) is 0 Å². The van der Waals surface area contributed by atoms with Gasteiger partial charge in [-0.15, -0.1) is 0 Å². The van der Waals surface area contributed by atoms with Gasteiger partial charge in [0, 0.05) is 18.8 Å². The quantitative estimate of drug-likeness (QED) is 0.853. The molecule has 0 amide bonds. The van der Waals surface area contributed by atoms with E-state index in [1.807, 2.05) is 0 Å². The lowest BCUT2D eigenvalue weighted by Gasteiger charge is -2.37. The average molecular weight is 303 g/mol. The fourth-order valence-corrected chi connectivity index (χ4v) is 3.65. The zero-order chi connectivity index (χ0) is 15.0. The third-order valence-corrected chi connectivity index (χ3v) is 5.40. The summed E-state index contributed by atoms with van der Waals surface area (Å²) in [5, 5.41) is 0. The summed E-state index contributed by atoms with van der Waals surface area (Å²) in [6.45, 7) is 6.79. The number of nitrogens with two attached hydrogens (primary N) is 1. The second-order valence-corrected chi connectivity index (χ2v) is 7.17. The predicted molar refractivity (Wildman–Crippen MR) is 91.9 cm³/mol. The van der Waals surface area contributed by atoms with Gasteiger partial charge in [-0.3, -0.25) is 0 Å². The van der Waals surface area contributed by atoms with Crippen molar-refractivity contribution < 1.29 is 0 Å². The van der Waals surface area contributed by atoms with Crippen molar-refractivity contribution in [2.24, 2.45) is 17.6 Å². The number of aryl methyl sites for hydroxylation is 2. The van der Waals surface area contributed by atoms with Gasteiger partial charge in [0.25, 0.3) is 0 Å². The summed E-state index contributed by atoms with van der Waals surface area (Å²) in [6, 6.07) is 2.21. The maximum absolute atomic E-state index is 5.98. The maximum Gasteiger partial charge on any atom is 0.139 e. The van der Waals surface area contributed by atoms with E-state index in [0.717, 1.165) is 43.2 Å². The Kier molecular flexibility index (Phi) is 4.16. The molecule has 0 bridgehead atoms. The molecule has 0 radical (unpaired) electrons. The summed E-state index contributed by atoms with van der Waals surface area (Å²) < 4.78 is 0. The summed E-state index contributed by atoms with van der Waals surface area (Å²) in [5.74, 6) is 2.50. The third-order valence-electron chi connectivity index (χ3n) is 5.18. The van der Waals surface area contributed by atoms with Crippen LogP contribution in [-0.2, 0) is 12.8 Å². The first-order valence-electron chi connectivity index (χ1n) is 8.14. The van der Waals surface area contributed by atoms with Gasteiger partial charge in [0.2, 0.25) is 0 Å². The van der Waals surface area contributed by atoms with Gasteiger partial charge in [0.05, 0.1) is 5.56 Å². The Morgan fingerprint density at radius 3 is 2.76 bits per heavy atom. The van der Waals surface area contributed by atoms with Crippen LogP contribution in [0.3, 0.4) is 0 Å². The van der Waals surface area contributed by atoms with Crippen LogP contribution in [0.25, 0.3) is 0 Å². The molecule has 1 aliphatic heterocycles. The summed E-state index contributed by atoms with van der Waals surface area (Å²) in [5.41, 5.74) is 9.58. The SMILES string of the molecule is CC1CCN(c2nc3c(cc2C(N)=S)CCCC3)CC1C. The standard InChI is InChI=1S/C17H25N3S/c1-11-7-8-20(10-12(11)2)17-14(16(18)21)9-13-5-3-4-6-15(13)19-17/h9,11-12H,3-8,10H2,1-2H3,(H2,18,21). The van der Waals surface area contributed by atoms with Crippen LogP contribution in [0.4, 0.5) is 5.82 Å². The minimum absolute atomic E-state index is 0.483. The molecule has 2 unspecified atom stereocenters. The van der Waals surface area contributed by atoms with Crippen molar-refractivity contribution in [1.82, 2.24) is 4.98 Å². The number of hydrogen-bond donors (Lipinski definition) is 1. The van der Waals surface area contributed by atoms with Crippen LogP contribution in [0, 0.1) is 11.8 Å². The van der Waals surface area contributed by atoms with Crippen molar-refractivity contribution in [2.45, 2.75) is 46.0 Å². The Labute approximate surface area is 132 Å². The molecule has 3 rings (SSSR count). The smallest absolute Gasteiger partial charge is 0.139 e. The van der Waals surface area contributed by atoms with Gasteiger partial charge in [-0.05, 0) is 55.6 Å². The van der Waals surface area contributed by atoms with E-state index < -0.39 is 0 Å². The second-order valence-electron chi connectivity index (χ2n) is 6.73. The number of thiocarbonyl (C=S) groups is 1. The molecular formula is C17H25N3S. The average Bonchev–Trinajstić information content (AvgIpc) is 2.48. The molecule has 1 aromatic heterocycles. The van der Waals surface area contributed by atoms with E-state index in [9.17, 15) is 0 Å². The lowest BCUT2D eigenvalue weighted by molar-refractivity contribution is 0.322. The zero-order valence-corrected chi connectivity index (χ0v) is 13.9. The van der Waals surface area contributed by atoms with E-state index in [-0.39, 0.29) is 0 Å². The fraction of sp³-hybridized carbons (Fsp3) is 0.647. The first kappa shape index (κ1) is 14.8. The van der Waals surface area contributed by atoms with Crippen LogP contribution >= 0.6 is 12.2 Å². The van der Waals surface area contributed by atoms with Crippen LogP contribution in [0.1, 0.15) is 49.9 Å². The van der Waals surface area contributed by atoms with Crippen molar-refractivity contribution >= 4 is 23.0 Å². The second kappa shape index (κ2) is 5.91. The molecule has 2 aliphatic rings. The number of nitrogens with zero attached hydrogens (tertiary/aromatic N) is 2. The number of anilines is 1. The Morgan fingerprint density at radius 2 is 2.05 bits per heavy atom. The van der Waals surface area contributed by atoms with Gasteiger partial charge in [-0.1, -0.05) is 26.1 Å². The Hall–Kier alpha value is -1.16. The van der Waals surface area contributed by atoms with E-state index in [1.165, 1.54) is 30.5 Å². The van der Waals surface area contributed by atoms with Crippen molar-refractivity contribution in [3.63, 3.8) is 0 Å². The molecule has 2 heterocycles. The molecule has 0 spiro atoms. The van der Waals surface area contributed by atoms with Gasteiger partial charge in [-0.2, -0.15) is 0 Å². The van der Waals surface area contributed by atoms with Crippen molar-refractivity contribution in [1.29, 1.82) is 0 Å². The first-order valence-corrected chi connectivity index (χ1v) is 8.54. The Bertz CT molecular complexity index is 555. The van der Waals surface area contributed by atoms with Crippen LogP contribution in [0.5, 0.6) is 0 Å². The molecule has 1 saturated heterocycles. The number of aromatic nitrogens is 1. The van der Waals surface area contributed by atoms with Crippen LogP contribution in [0.2, 0.25) is 0 Å². The number of fused-ring (bicyclic) bond motifs is 1. The van der Waals surface area contributed by atoms with Crippen molar-refractivity contribution in [3.05, 3.63) is 22.9 Å². The monoisotopic (exact) mass is 303 g/mol. The third kappa shape index (κ3) is 2.91. The molecule has 3 nitrogen and oxygen atoms in total. The highest BCUT2D eigenvalue weighted by molar-refractivity contribution is 7.80. The summed E-state index contributed by atoms with van der Waals surface area (Å²) in [7, 11) is 0. The first-order chi connectivity index (χ1) is 10.1. The van der Waals surface area contributed by atoms with E-state index in [4.69, 9.17) is 22.9 Å². The molecule has 114 valence electrons. The van der Waals surface area contributed by atoms with Gasteiger partial charge >= 0.3 is 0 Å². The molecule has 1 fully saturated rings. The summed E-state index contributed by atoms with van der Waals surface area (Å²) in [6.07, 6.45) is 5.93. The number of rotatable bonds is 2. The van der Waals surface area contributed by atoms with Crippen LogP contribution in [0.15, 0.2) is 6.07 Å². The van der Waals surface area contributed by atoms with Crippen LogP contribution < -0.4 is 10.6 Å². The minimum atomic E-state index is 0.483. The normalized spacial score (nSPS) is 25.5.